The summed E-state index contributed by atoms with van der Waals surface area (Å²) in [5, 5.41) is 3.16. The third-order valence-electron chi connectivity index (χ3n) is 8.75. The molecular formula is C30H42N4O3. The van der Waals surface area contributed by atoms with Crippen LogP contribution in [0.15, 0.2) is 12.1 Å². The van der Waals surface area contributed by atoms with Crippen LogP contribution in [0.1, 0.15) is 113 Å². The van der Waals surface area contributed by atoms with Crippen molar-refractivity contribution >= 4 is 12.4 Å². The van der Waals surface area contributed by atoms with E-state index in [0.717, 1.165) is 48.0 Å². The molecule has 200 valence electrons. The fourth-order valence-electron chi connectivity index (χ4n) is 5.73. The molecule has 3 aliphatic carbocycles. The molecule has 37 heavy (non-hydrogen) atoms. The predicted octanol–water partition coefficient (Wildman–Crippen LogP) is 5.62. The van der Waals surface area contributed by atoms with Gasteiger partial charge < -0.3 is 14.6 Å². The summed E-state index contributed by atoms with van der Waals surface area (Å²) in [6.45, 7) is 12.3. The van der Waals surface area contributed by atoms with Gasteiger partial charge in [-0.05, 0) is 50.7 Å². The lowest BCUT2D eigenvalue weighted by molar-refractivity contribution is -0.138. The second-order valence-corrected chi connectivity index (χ2v) is 12.9. The molecule has 0 aliphatic heterocycles. The average Bonchev–Trinajstić information content (AvgIpc) is 3.52. The molecule has 5 rings (SSSR count). The normalized spacial score (nSPS) is 23.3. The van der Waals surface area contributed by atoms with Crippen LogP contribution in [-0.4, -0.2) is 39.1 Å². The van der Waals surface area contributed by atoms with Gasteiger partial charge in [0.25, 0.3) is 12.4 Å². The van der Waals surface area contributed by atoms with Crippen LogP contribution in [0.5, 0.6) is 0 Å². The van der Waals surface area contributed by atoms with Gasteiger partial charge in [0.2, 0.25) is 0 Å². The lowest BCUT2D eigenvalue weighted by Crippen LogP contribution is -2.47. The molecule has 1 N–H and O–H groups in total. The highest BCUT2D eigenvalue weighted by molar-refractivity contribution is 5.97. The van der Waals surface area contributed by atoms with Gasteiger partial charge in [-0.25, -0.2) is 9.97 Å². The van der Waals surface area contributed by atoms with E-state index in [-0.39, 0.29) is 28.9 Å². The Hall–Kier alpha value is -2.70. The third-order valence-corrected chi connectivity index (χ3v) is 8.75. The standard InChI is InChI=1S/C30H42N4O3/c1-19-23(27(36)31-21-13-22(14-21)37-18-35)15-25(34(19)17-20-9-7-6-8-10-20)24-16-26(29(2,3)4)33-28(32-24)30(5)11-12-30/h15-16,18,20-22H,6-14,17H2,1-5H3,(H,31,36). The largest absolute Gasteiger partial charge is 0.464 e. The molecule has 2 aromatic heterocycles. The fraction of sp³-hybridized carbons (Fsp3) is 0.667. The first kappa shape index (κ1) is 25.9. The zero-order chi connectivity index (χ0) is 26.4. The van der Waals surface area contributed by atoms with E-state index in [1.54, 1.807) is 0 Å². The summed E-state index contributed by atoms with van der Waals surface area (Å²) in [6, 6.07) is 4.21. The summed E-state index contributed by atoms with van der Waals surface area (Å²) >= 11 is 0. The van der Waals surface area contributed by atoms with Crippen LogP contribution in [0.2, 0.25) is 0 Å². The Morgan fingerprint density at radius 2 is 1.86 bits per heavy atom. The molecule has 0 saturated heterocycles. The maximum Gasteiger partial charge on any atom is 0.293 e. The van der Waals surface area contributed by atoms with Crippen molar-refractivity contribution in [3.8, 4) is 11.4 Å². The minimum absolute atomic E-state index is 0.0370. The van der Waals surface area contributed by atoms with Crippen molar-refractivity contribution in [1.29, 1.82) is 0 Å². The van der Waals surface area contributed by atoms with Crippen LogP contribution in [0, 0.1) is 12.8 Å². The van der Waals surface area contributed by atoms with E-state index in [1.807, 2.05) is 6.07 Å². The molecule has 7 nitrogen and oxygen atoms in total. The zero-order valence-electron chi connectivity index (χ0n) is 23.1. The van der Waals surface area contributed by atoms with Gasteiger partial charge in [0, 0.05) is 42.0 Å². The smallest absolute Gasteiger partial charge is 0.293 e. The number of nitrogens with one attached hydrogen (secondary N) is 1. The second kappa shape index (κ2) is 9.88. The SMILES string of the molecule is Cc1c(C(=O)NC2CC(OC=O)C2)cc(-c2cc(C(C)(C)C)nc(C3(C)CC3)n2)n1CC1CCCCC1. The molecule has 0 radical (unpaired) electrons. The Bertz CT molecular complexity index is 1140. The summed E-state index contributed by atoms with van der Waals surface area (Å²) < 4.78 is 7.36. The molecule has 3 aliphatic rings. The predicted molar refractivity (Wildman–Crippen MR) is 143 cm³/mol. The first-order chi connectivity index (χ1) is 17.6. The van der Waals surface area contributed by atoms with Gasteiger partial charge in [-0.15, -0.1) is 0 Å². The van der Waals surface area contributed by atoms with E-state index in [9.17, 15) is 9.59 Å². The Morgan fingerprint density at radius 1 is 1.16 bits per heavy atom. The maximum atomic E-state index is 13.4. The van der Waals surface area contributed by atoms with Crippen molar-refractivity contribution in [2.75, 3.05) is 0 Å². The minimum atomic E-state index is -0.0991. The summed E-state index contributed by atoms with van der Waals surface area (Å²) in [7, 11) is 0. The Balaban J connectivity index is 1.51. The molecular weight excluding hydrogens is 464 g/mol. The van der Waals surface area contributed by atoms with Gasteiger partial charge in [-0.1, -0.05) is 47.0 Å². The zero-order valence-corrected chi connectivity index (χ0v) is 23.1. The summed E-state index contributed by atoms with van der Waals surface area (Å²) in [5.41, 5.74) is 4.64. The van der Waals surface area contributed by atoms with Gasteiger partial charge in [0.15, 0.2) is 0 Å². The van der Waals surface area contributed by atoms with Crippen LogP contribution < -0.4 is 5.32 Å². The average molecular weight is 507 g/mol. The van der Waals surface area contributed by atoms with Crippen molar-refractivity contribution in [3.63, 3.8) is 0 Å². The number of aromatic nitrogens is 3. The van der Waals surface area contributed by atoms with Crippen molar-refractivity contribution in [2.45, 2.75) is 122 Å². The Labute approximate surface area is 220 Å². The van der Waals surface area contributed by atoms with Crippen LogP contribution in [0.3, 0.4) is 0 Å². The van der Waals surface area contributed by atoms with Gasteiger partial charge in [0.1, 0.15) is 11.9 Å². The summed E-state index contributed by atoms with van der Waals surface area (Å²) in [6.07, 6.45) is 9.84. The molecule has 7 heteroatoms. The monoisotopic (exact) mass is 506 g/mol. The molecule has 1 amide bonds. The lowest BCUT2D eigenvalue weighted by atomic mass is 9.89. The van der Waals surface area contributed by atoms with E-state index in [4.69, 9.17) is 14.7 Å². The highest BCUT2D eigenvalue weighted by atomic mass is 16.5. The van der Waals surface area contributed by atoms with Crippen molar-refractivity contribution < 1.29 is 14.3 Å². The number of rotatable bonds is 8. The highest BCUT2D eigenvalue weighted by Gasteiger charge is 2.43. The number of nitrogens with zero attached hydrogens (tertiary/aromatic N) is 3. The van der Waals surface area contributed by atoms with E-state index in [0.29, 0.717) is 30.8 Å². The molecule has 2 aromatic rings. The first-order valence-corrected chi connectivity index (χ1v) is 14.1. The molecule has 0 atom stereocenters. The summed E-state index contributed by atoms with van der Waals surface area (Å²) in [4.78, 5) is 34.2. The van der Waals surface area contributed by atoms with E-state index in [2.05, 4.69) is 50.6 Å². The molecule has 0 aromatic carbocycles. The van der Waals surface area contributed by atoms with Crippen molar-refractivity contribution in [1.82, 2.24) is 19.9 Å². The van der Waals surface area contributed by atoms with E-state index in [1.165, 1.54) is 32.1 Å². The molecule has 0 unspecified atom stereocenters. The molecule has 3 fully saturated rings. The van der Waals surface area contributed by atoms with Gasteiger partial charge >= 0.3 is 0 Å². The topological polar surface area (TPSA) is 86.1 Å². The van der Waals surface area contributed by atoms with Gasteiger partial charge in [-0.2, -0.15) is 0 Å². The third kappa shape index (κ3) is 5.46. The second-order valence-electron chi connectivity index (χ2n) is 12.9. The maximum absolute atomic E-state index is 13.4. The first-order valence-electron chi connectivity index (χ1n) is 14.1. The van der Waals surface area contributed by atoms with E-state index < -0.39 is 0 Å². The molecule has 3 saturated carbocycles. The van der Waals surface area contributed by atoms with Crippen LogP contribution in [0.4, 0.5) is 0 Å². The number of carbonyl (C=O) groups is 2. The number of amides is 1. The lowest BCUT2D eigenvalue weighted by Gasteiger charge is -2.34. The van der Waals surface area contributed by atoms with Crippen molar-refractivity contribution in [2.24, 2.45) is 5.92 Å². The van der Waals surface area contributed by atoms with Gasteiger partial charge in [0.05, 0.1) is 22.6 Å². The highest BCUT2D eigenvalue weighted by Crippen LogP contribution is 2.47. The number of carbonyl (C=O) groups excluding carboxylic acids is 2. The van der Waals surface area contributed by atoms with Crippen molar-refractivity contribution in [3.05, 3.63) is 34.9 Å². The molecule has 0 bridgehead atoms. The summed E-state index contributed by atoms with van der Waals surface area (Å²) in [5.74, 6) is 1.49. The Morgan fingerprint density at radius 3 is 2.49 bits per heavy atom. The quantitative estimate of drug-likeness (QED) is 0.470. The fourth-order valence-corrected chi connectivity index (χ4v) is 5.73. The van der Waals surface area contributed by atoms with Crippen LogP contribution in [-0.2, 0) is 26.9 Å². The molecule has 2 heterocycles. The van der Waals surface area contributed by atoms with Gasteiger partial charge in [-0.3, -0.25) is 9.59 Å². The Kier molecular flexibility index (Phi) is 6.92. The number of hydrogen-bond acceptors (Lipinski definition) is 5. The minimum Gasteiger partial charge on any atom is -0.464 e. The van der Waals surface area contributed by atoms with E-state index >= 15 is 0 Å². The van der Waals surface area contributed by atoms with Crippen LogP contribution in [0.25, 0.3) is 11.4 Å². The number of ether oxygens (including phenoxy) is 1. The molecule has 0 spiro atoms. The number of hydrogen-bond donors (Lipinski definition) is 1. The van der Waals surface area contributed by atoms with Crippen LogP contribution >= 0.6 is 0 Å².